The number of carboxylic acids is 1. The molecule has 1 N–H and O–H groups in total. The predicted molar refractivity (Wildman–Crippen MR) is 63.7 cm³/mol. The fraction of sp³-hybridized carbons (Fsp3) is 0.385. The summed E-state index contributed by atoms with van der Waals surface area (Å²) in [6.45, 7) is 2.42. The third-order valence-corrected chi connectivity index (χ3v) is 3.28. The highest BCUT2D eigenvalue weighted by Crippen LogP contribution is 2.31. The number of rotatable bonds is 3. The van der Waals surface area contributed by atoms with Crippen LogP contribution in [-0.4, -0.2) is 23.5 Å². The first-order valence-electron chi connectivity index (χ1n) is 5.74. The quantitative estimate of drug-likeness (QED) is 0.809. The maximum Gasteiger partial charge on any atom is 0.316 e. The Kier molecular flexibility index (Phi) is 3.13. The van der Waals surface area contributed by atoms with Gasteiger partial charge in [0, 0.05) is 12.2 Å². The number of amides is 1. The Bertz CT molecular complexity index is 430. The van der Waals surface area contributed by atoms with Gasteiger partial charge in [0.05, 0.1) is 0 Å². The van der Waals surface area contributed by atoms with Gasteiger partial charge in [-0.05, 0) is 18.1 Å². The molecule has 1 saturated heterocycles. The van der Waals surface area contributed by atoms with Crippen LogP contribution in [0.15, 0.2) is 30.3 Å². The minimum atomic E-state index is -1.01. The molecule has 17 heavy (non-hydrogen) atoms. The smallest absolute Gasteiger partial charge is 0.316 e. The minimum absolute atomic E-state index is 0.0970. The van der Waals surface area contributed by atoms with Crippen molar-refractivity contribution >= 4 is 17.6 Å². The molecule has 2 unspecified atom stereocenters. The summed E-state index contributed by atoms with van der Waals surface area (Å²) in [6, 6.07) is 9.22. The third kappa shape index (κ3) is 2.02. The van der Waals surface area contributed by atoms with Crippen LogP contribution >= 0.6 is 0 Å². The predicted octanol–water partition coefficient (Wildman–Crippen LogP) is 1.76. The summed E-state index contributed by atoms with van der Waals surface area (Å²) in [6.07, 6.45) is 0.700. The molecule has 1 amide bonds. The molecule has 1 aliphatic heterocycles. The average molecular weight is 233 g/mol. The summed E-state index contributed by atoms with van der Waals surface area (Å²) in [7, 11) is 0. The van der Waals surface area contributed by atoms with Gasteiger partial charge in [-0.25, -0.2) is 0 Å². The van der Waals surface area contributed by atoms with Crippen molar-refractivity contribution in [1.82, 2.24) is 0 Å². The van der Waals surface area contributed by atoms with E-state index in [9.17, 15) is 9.59 Å². The molecular formula is C13H15NO3. The van der Waals surface area contributed by atoms with E-state index in [1.54, 1.807) is 4.90 Å². The molecule has 1 aromatic rings. The Balaban J connectivity index is 2.28. The second-order valence-corrected chi connectivity index (χ2v) is 4.27. The number of nitrogens with zero attached hydrogens (tertiary/aromatic N) is 1. The molecule has 0 spiro atoms. The maximum atomic E-state index is 12.1. The zero-order valence-electron chi connectivity index (χ0n) is 9.67. The van der Waals surface area contributed by atoms with Crippen LogP contribution in [0.25, 0.3) is 0 Å². The molecule has 2 rings (SSSR count). The zero-order valence-corrected chi connectivity index (χ0v) is 9.67. The number of benzene rings is 1. The topological polar surface area (TPSA) is 57.6 Å². The molecule has 1 heterocycles. The summed E-state index contributed by atoms with van der Waals surface area (Å²) in [5.74, 6) is -2.30. The fourth-order valence-corrected chi connectivity index (χ4v) is 2.31. The highest BCUT2D eigenvalue weighted by Gasteiger charge is 2.44. The Morgan fingerprint density at radius 1 is 1.41 bits per heavy atom. The Hall–Kier alpha value is -1.84. The van der Waals surface area contributed by atoms with E-state index in [-0.39, 0.29) is 11.8 Å². The van der Waals surface area contributed by atoms with Crippen molar-refractivity contribution < 1.29 is 14.7 Å². The number of carbonyl (C=O) groups is 2. The summed E-state index contributed by atoms with van der Waals surface area (Å²) in [4.78, 5) is 24.7. The Morgan fingerprint density at radius 3 is 2.53 bits per heavy atom. The summed E-state index contributed by atoms with van der Waals surface area (Å²) < 4.78 is 0. The SMILES string of the molecule is CCC1CN(c2ccccc2)C(=O)C1C(=O)O. The van der Waals surface area contributed by atoms with E-state index < -0.39 is 11.9 Å². The molecule has 1 aromatic carbocycles. The van der Waals surface area contributed by atoms with Crippen molar-refractivity contribution in [2.24, 2.45) is 11.8 Å². The first-order valence-corrected chi connectivity index (χ1v) is 5.74. The summed E-state index contributed by atoms with van der Waals surface area (Å²) in [5, 5.41) is 9.10. The van der Waals surface area contributed by atoms with Gasteiger partial charge < -0.3 is 10.0 Å². The zero-order chi connectivity index (χ0) is 12.4. The molecule has 0 aliphatic carbocycles. The molecular weight excluding hydrogens is 218 g/mol. The number of carboxylic acid groups (broad SMARTS) is 1. The van der Waals surface area contributed by atoms with Gasteiger partial charge in [0.1, 0.15) is 5.92 Å². The van der Waals surface area contributed by atoms with E-state index in [1.807, 2.05) is 37.3 Å². The van der Waals surface area contributed by atoms with Gasteiger partial charge in [0.2, 0.25) is 5.91 Å². The number of anilines is 1. The highest BCUT2D eigenvalue weighted by atomic mass is 16.4. The van der Waals surface area contributed by atoms with Crippen LogP contribution in [0.2, 0.25) is 0 Å². The lowest BCUT2D eigenvalue weighted by Gasteiger charge is -2.15. The van der Waals surface area contributed by atoms with Crippen molar-refractivity contribution in [3.05, 3.63) is 30.3 Å². The fourth-order valence-electron chi connectivity index (χ4n) is 2.31. The molecule has 1 fully saturated rings. The van der Waals surface area contributed by atoms with Gasteiger partial charge in [-0.15, -0.1) is 0 Å². The standard InChI is InChI=1S/C13H15NO3/c1-2-9-8-14(10-6-4-3-5-7-10)12(15)11(9)13(16)17/h3-7,9,11H,2,8H2,1H3,(H,16,17). The molecule has 0 bridgehead atoms. The van der Waals surface area contributed by atoms with Crippen LogP contribution in [0.3, 0.4) is 0 Å². The van der Waals surface area contributed by atoms with E-state index in [1.165, 1.54) is 0 Å². The monoisotopic (exact) mass is 233 g/mol. The van der Waals surface area contributed by atoms with E-state index in [0.29, 0.717) is 13.0 Å². The first kappa shape index (κ1) is 11.6. The molecule has 4 heteroatoms. The summed E-state index contributed by atoms with van der Waals surface area (Å²) in [5.41, 5.74) is 0.778. The number of hydrogen-bond acceptors (Lipinski definition) is 2. The van der Waals surface area contributed by atoms with Gasteiger partial charge in [0.25, 0.3) is 0 Å². The van der Waals surface area contributed by atoms with Crippen LogP contribution in [0.5, 0.6) is 0 Å². The van der Waals surface area contributed by atoms with Crippen LogP contribution in [0, 0.1) is 11.8 Å². The van der Waals surface area contributed by atoms with Crippen LogP contribution in [-0.2, 0) is 9.59 Å². The largest absolute Gasteiger partial charge is 0.481 e. The van der Waals surface area contributed by atoms with Crippen molar-refractivity contribution in [2.75, 3.05) is 11.4 Å². The van der Waals surface area contributed by atoms with Crippen LogP contribution in [0.4, 0.5) is 5.69 Å². The van der Waals surface area contributed by atoms with Gasteiger partial charge in [0.15, 0.2) is 0 Å². The molecule has 0 aromatic heterocycles. The Morgan fingerprint density at radius 2 is 2.06 bits per heavy atom. The average Bonchev–Trinajstić information content (AvgIpc) is 2.67. The van der Waals surface area contributed by atoms with E-state index in [4.69, 9.17) is 5.11 Å². The Labute approximate surface area is 99.9 Å². The van der Waals surface area contributed by atoms with Crippen LogP contribution in [0.1, 0.15) is 13.3 Å². The normalized spacial score (nSPS) is 24.1. The van der Waals surface area contributed by atoms with Crippen molar-refractivity contribution in [1.29, 1.82) is 0 Å². The minimum Gasteiger partial charge on any atom is -0.481 e. The number of aliphatic carboxylic acids is 1. The lowest BCUT2D eigenvalue weighted by molar-refractivity contribution is -0.146. The van der Waals surface area contributed by atoms with Crippen molar-refractivity contribution in [3.8, 4) is 0 Å². The van der Waals surface area contributed by atoms with E-state index in [0.717, 1.165) is 5.69 Å². The molecule has 90 valence electrons. The van der Waals surface area contributed by atoms with Gasteiger partial charge in [-0.3, -0.25) is 9.59 Å². The van der Waals surface area contributed by atoms with Crippen molar-refractivity contribution in [3.63, 3.8) is 0 Å². The van der Waals surface area contributed by atoms with Crippen molar-refractivity contribution in [2.45, 2.75) is 13.3 Å². The molecule has 4 nitrogen and oxygen atoms in total. The maximum absolute atomic E-state index is 12.1. The highest BCUT2D eigenvalue weighted by molar-refractivity contribution is 6.08. The van der Waals surface area contributed by atoms with E-state index in [2.05, 4.69) is 0 Å². The molecule has 0 radical (unpaired) electrons. The van der Waals surface area contributed by atoms with E-state index >= 15 is 0 Å². The second kappa shape index (κ2) is 4.57. The first-order chi connectivity index (χ1) is 8.15. The third-order valence-electron chi connectivity index (χ3n) is 3.28. The summed E-state index contributed by atoms with van der Waals surface area (Å²) >= 11 is 0. The molecule has 0 saturated carbocycles. The lowest BCUT2D eigenvalue weighted by Crippen LogP contribution is -2.30. The number of carbonyl (C=O) groups excluding carboxylic acids is 1. The molecule has 1 aliphatic rings. The van der Waals surface area contributed by atoms with Crippen LogP contribution < -0.4 is 4.90 Å². The van der Waals surface area contributed by atoms with Gasteiger partial charge >= 0.3 is 5.97 Å². The molecule has 2 atom stereocenters. The lowest BCUT2D eigenvalue weighted by atomic mass is 9.93. The number of para-hydroxylation sites is 1. The second-order valence-electron chi connectivity index (χ2n) is 4.27. The van der Waals surface area contributed by atoms with Gasteiger partial charge in [-0.1, -0.05) is 31.5 Å². The number of hydrogen-bond donors (Lipinski definition) is 1. The van der Waals surface area contributed by atoms with Gasteiger partial charge in [-0.2, -0.15) is 0 Å².